The van der Waals surface area contributed by atoms with Crippen molar-refractivity contribution in [3.8, 4) is 5.75 Å². The van der Waals surface area contributed by atoms with Gasteiger partial charge in [0.25, 0.3) is 5.69 Å². The van der Waals surface area contributed by atoms with E-state index in [1.807, 2.05) is 13.0 Å². The normalized spacial score (nSPS) is 17.1. The number of amides is 1. The van der Waals surface area contributed by atoms with Gasteiger partial charge in [0, 0.05) is 41.9 Å². The lowest BCUT2D eigenvalue weighted by atomic mass is 9.95. The number of piperidine rings is 1. The zero-order valence-electron chi connectivity index (χ0n) is 16.8. The molecule has 4 rings (SSSR count). The van der Waals surface area contributed by atoms with Crippen molar-refractivity contribution in [2.45, 2.75) is 32.9 Å². The summed E-state index contributed by atoms with van der Waals surface area (Å²) in [5.74, 6) is 1.15. The van der Waals surface area contributed by atoms with Crippen molar-refractivity contribution in [1.82, 2.24) is 9.88 Å². The molecule has 1 aromatic carbocycles. The molecule has 3 heterocycles. The molecule has 1 fully saturated rings. The molecular weight excluding hydrogens is 388 g/mol. The molecule has 0 radical (unpaired) electrons. The molecule has 0 saturated carbocycles. The molecule has 9 nitrogen and oxygen atoms in total. The van der Waals surface area contributed by atoms with Gasteiger partial charge in [-0.15, -0.1) is 0 Å². The fourth-order valence-corrected chi connectivity index (χ4v) is 3.87. The van der Waals surface area contributed by atoms with Crippen LogP contribution in [0.4, 0.5) is 11.5 Å². The maximum Gasteiger partial charge on any atom is 0.270 e. The van der Waals surface area contributed by atoms with Gasteiger partial charge in [0.2, 0.25) is 5.91 Å². The quantitative estimate of drug-likeness (QED) is 0.594. The number of nitro benzene ring substituents is 1. The van der Waals surface area contributed by atoms with E-state index in [9.17, 15) is 14.9 Å². The number of aromatic nitrogens is 1. The van der Waals surface area contributed by atoms with Gasteiger partial charge >= 0.3 is 0 Å². The average Bonchev–Trinajstić information content (AvgIpc) is 2.75. The van der Waals surface area contributed by atoms with E-state index in [2.05, 4.69) is 15.2 Å². The molecule has 2 aromatic rings. The van der Waals surface area contributed by atoms with Gasteiger partial charge in [-0.05, 0) is 44.5 Å². The summed E-state index contributed by atoms with van der Waals surface area (Å²) in [5.41, 5.74) is 2.57. The zero-order valence-corrected chi connectivity index (χ0v) is 16.8. The number of nitrogens with one attached hydrogen (secondary N) is 1. The van der Waals surface area contributed by atoms with E-state index < -0.39 is 4.92 Å². The predicted molar refractivity (Wildman–Crippen MR) is 109 cm³/mol. The van der Waals surface area contributed by atoms with Crippen LogP contribution in [-0.4, -0.2) is 40.6 Å². The molecule has 2 aliphatic heterocycles. The third-order valence-corrected chi connectivity index (χ3v) is 5.50. The minimum Gasteiger partial charge on any atom is -0.467 e. The summed E-state index contributed by atoms with van der Waals surface area (Å²) in [7, 11) is 0. The van der Waals surface area contributed by atoms with Crippen molar-refractivity contribution in [3.63, 3.8) is 0 Å². The number of fused-ring (bicyclic) bond motifs is 1. The van der Waals surface area contributed by atoms with Crippen LogP contribution >= 0.6 is 0 Å². The number of hydrogen-bond donors (Lipinski definition) is 1. The standard InChI is InChI=1S/C21H24N4O5/c1-14-2-3-19(22-10-14)23-21(26)15-4-6-24(7-5-15)11-16-8-18(25(27)28)9-17-12-29-13-30-20(16)17/h2-3,8-10,15H,4-7,11-13H2,1H3,(H,22,23,26). The SMILES string of the molecule is Cc1ccc(NC(=O)C2CCN(Cc3cc([N+](=O)[O-])cc4c3OCOC4)CC2)nc1. The largest absolute Gasteiger partial charge is 0.467 e. The highest BCUT2D eigenvalue weighted by Gasteiger charge is 2.27. The summed E-state index contributed by atoms with van der Waals surface area (Å²) in [6.45, 7) is 4.40. The zero-order chi connectivity index (χ0) is 21.1. The van der Waals surface area contributed by atoms with Crippen LogP contribution in [-0.2, 0) is 22.7 Å². The van der Waals surface area contributed by atoms with Gasteiger partial charge in [-0.25, -0.2) is 4.98 Å². The van der Waals surface area contributed by atoms with Gasteiger partial charge < -0.3 is 14.8 Å². The number of carbonyl (C=O) groups is 1. The number of nitro groups is 1. The van der Waals surface area contributed by atoms with Crippen LogP contribution in [0.25, 0.3) is 0 Å². The van der Waals surface area contributed by atoms with Gasteiger partial charge in [-0.1, -0.05) is 6.07 Å². The first-order chi connectivity index (χ1) is 14.5. The Morgan fingerprint density at radius 1 is 1.33 bits per heavy atom. The Morgan fingerprint density at radius 3 is 2.83 bits per heavy atom. The number of likely N-dealkylation sites (tertiary alicyclic amines) is 1. The van der Waals surface area contributed by atoms with Crippen molar-refractivity contribution in [2.24, 2.45) is 5.92 Å². The molecule has 0 atom stereocenters. The summed E-state index contributed by atoms with van der Waals surface area (Å²) < 4.78 is 10.9. The molecule has 0 aliphatic carbocycles. The van der Waals surface area contributed by atoms with Crippen LogP contribution in [0, 0.1) is 23.0 Å². The Kier molecular flexibility index (Phi) is 5.91. The second kappa shape index (κ2) is 8.76. The van der Waals surface area contributed by atoms with Crippen LogP contribution in [0.5, 0.6) is 5.75 Å². The van der Waals surface area contributed by atoms with E-state index in [0.29, 0.717) is 30.3 Å². The highest BCUT2D eigenvalue weighted by atomic mass is 16.7. The topological polar surface area (TPSA) is 107 Å². The number of benzene rings is 1. The molecular formula is C21H24N4O5. The molecule has 0 bridgehead atoms. The van der Waals surface area contributed by atoms with Gasteiger partial charge in [-0.2, -0.15) is 0 Å². The van der Waals surface area contributed by atoms with E-state index in [1.165, 1.54) is 6.07 Å². The van der Waals surface area contributed by atoms with Crippen molar-refractivity contribution < 1.29 is 19.2 Å². The number of hydrogen-bond acceptors (Lipinski definition) is 7. The van der Waals surface area contributed by atoms with Crippen molar-refractivity contribution in [1.29, 1.82) is 0 Å². The van der Waals surface area contributed by atoms with E-state index >= 15 is 0 Å². The van der Waals surface area contributed by atoms with Crippen LogP contribution in [0.2, 0.25) is 0 Å². The van der Waals surface area contributed by atoms with Gasteiger partial charge in [0.05, 0.1) is 11.5 Å². The van der Waals surface area contributed by atoms with Crippen molar-refractivity contribution in [2.75, 3.05) is 25.2 Å². The van der Waals surface area contributed by atoms with Crippen LogP contribution in [0.15, 0.2) is 30.5 Å². The molecule has 1 saturated heterocycles. The highest BCUT2D eigenvalue weighted by molar-refractivity contribution is 5.91. The lowest BCUT2D eigenvalue weighted by molar-refractivity contribution is -0.385. The van der Waals surface area contributed by atoms with E-state index in [1.54, 1.807) is 18.3 Å². The summed E-state index contributed by atoms with van der Waals surface area (Å²) in [6.07, 6.45) is 3.17. The third-order valence-electron chi connectivity index (χ3n) is 5.50. The van der Waals surface area contributed by atoms with E-state index in [0.717, 1.165) is 37.1 Å². The van der Waals surface area contributed by atoms with Crippen molar-refractivity contribution >= 4 is 17.4 Å². The second-order valence-electron chi connectivity index (χ2n) is 7.72. The Morgan fingerprint density at radius 2 is 2.13 bits per heavy atom. The molecule has 1 N–H and O–H groups in total. The van der Waals surface area contributed by atoms with Crippen LogP contribution in [0.3, 0.4) is 0 Å². The molecule has 1 aromatic heterocycles. The van der Waals surface area contributed by atoms with Gasteiger partial charge in [0.1, 0.15) is 11.6 Å². The predicted octanol–water partition coefficient (Wildman–Crippen LogP) is 3.02. The number of non-ortho nitro benzene ring substituents is 1. The monoisotopic (exact) mass is 412 g/mol. The molecule has 1 amide bonds. The molecule has 0 spiro atoms. The third kappa shape index (κ3) is 4.58. The first-order valence-electron chi connectivity index (χ1n) is 9.96. The molecule has 158 valence electrons. The summed E-state index contributed by atoms with van der Waals surface area (Å²) in [5, 5.41) is 14.2. The number of rotatable bonds is 5. The first-order valence-corrected chi connectivity index (χ1v) is 9.96. The lowest BCUT2D eigenvalue weighted by Crippen LogP contribution is -2.38. The summed E-state index contributed by atoms with van der Waals surface area (Å²) in [6, 6.07) is 6.80. The fourth-order valence-electron chi connectivity index (χ4n) is 3.87. The van der Waals surface area contributed by atoms with Gasteiger partial charge in [-0.3, -0.25) is 19.8 Å². The average molecular weight is 412 g/mol. The number of aryl methyl sites for hydroxylation is 1. The van der Waals surface area contributed by atoms with Crippen molar-refractivity contribution in [3.05, 3.63) is 57.3 Å². The number of pyridine rings is 1. The fraction of sp³-hybridized carbons (Fsp3) is 0.429. The lowest BCUT2D eigenvalue weighted by Gasteiger charge is -2.32. The maximum absolute atomic E-state index is 12.6. The minimum absolute atomic E-state index is 0.0146. The smallest absolute Gasteiger partial charge is 0.270 e. The molecule has 0 unspecified atom stereocenters. The minimum atomic E-state index is -0.395. The second-order valence-corrected chi connectivity index (χ2v) is 7.72. The number of anilines is 1. The van der Waals surface area contributed by atoms with Gasteiger partial charge in [0.15, 0.2) is 6.79 Å². The Bertz CT molecular complexity index is 939. The Balaban J connectivity index is 1.38. The molecule has 9 heteroatoms. The Labute approximate surface area is 174 Å². The summed E-state index contributed by atoms with van der Waals surface area (Å²) in [4.78, 5) is 29.9. The van der Waals surface area contributed by atoms with Crippen LogP contribution < -0.4 is 10.1 Å². The molecule has 2 aliphatic rings. The molecule has 30 heavy (non-hydrogen) atoms. The maximum atomic E-state index is 12.6. The number of ether oxygens (including phenoxy) is 2. The number of carbonyl (C=O) groups excluding carboxylic acids is 1. The van der Waals surface area contributed by atoms with E-state index in [4.69, 9.17) is 9.47 Å². The number of nitrogens with zero attached hydrogens (tertiary/aromatic N) is 3. The van der Waals surface area contributed by atoms with Crippen LogP contribution in [0.1, 0.15) is 29.5 Å². The first kappa shape index (κ1) is 20.2. The summed E-state index contributed by atoms with van der Waals surface area (Å²) >= 11 is 0. The van der Waals surface area contributed by atoms with E-state index in [-0.39, 0.29) is 24.3 Å². The highest BCUT2D eigenvalue weighted by Crippen LogP contribution is 2.34. The Hall–Kier alpha value is -3.04.